The lowest BCUT2D eigenvalue weighted by Crippen LogP contribution is -2.37. The number of nitrogens with one attached hydrogen (secondary N) is 2. The minimum absolute atomic E-state index is 0.444. The second-order valence-electron chi connectivity index (χ2n) is 3.29. The topological polar surface area (TPSA) is 67.2 Å². The van der Waals surface area contributed by atoms with Crippen LogP contribution in [0.25, 0.3) is 0 Å². The van der Waals surface area contributed by atoms with E-state index in [-0.39, 0.29) is 0 Å². The standard InChI is InChI=1S/C8H17N3O/c9-8(12)11-5-4-10-6-7-2-1-3-7/h7,10H,1-6H2,(H3,9,11,12). The summed E-state index contributed by atoms with van der Waals surface area (Å²) in [7, 11) is 0. The van der Waals surface area contributed by atoms with Crippen LogP contribution in [-0.4, -0.2) is 25.7 Å². The van der Waals surface area contributed by atoms with Crippen molar-refractivity contribution < 1.29 is 4.79 Å². The number of carbonyl (C=O) groups is 1. The lowest BCUT2D eigenvalue weighted by molar-refractivity contribution is 0.248. The van der Waals surface area contributed by atoms with Crippen LogP contribution in [0.2, 0.25) is 0 Å². The first-order valence-corrected chi connectivity index (χ1v) is 4.53. The van der Waals surface area contributed by atoms with E-state index in [4.69, 9.17) is 5.73 Å². The van der Waals surface area contributed by atoms with Crippen molar-refractivity contribution in [2.45, 2.75) is 19.3 Å². The number of amides is 2. The molecule has 0 aromatic heterocycles. The summed E-state index contributed by atoms with van der Waals surface area (Å²) in [6.45, 7) is 2.53. The third-order valence-corrected chi connectivity index (χ3v) is 2.26. The zero-order chi connectivity index (χ0) is 8.81. The van der Waals surface area contributed by atoms with Crippen LogP contribution in [0.15, 0.2) is 0 Å². The van der Waals surface area contributed by atoms with E-state index in [1.165, 1.54) is 19.3 Å². The molecule has 0 unspecified atom stereocenters. The summed E-state index contributed by atoms with van der Waals surface area (Å²) < 4.78 is 0. The molecular formula is C8H17N3O. The van der Waals surface area contributed by atoms with Crippen LogP contribution in [0.3, 0.4) is 0 Å². The maximum absolute atomic E-state index is 10.2. The van der Waals surface area contributed by atoms with Crippen molar-refractivity contribution in [3.63, 3.8) is 0 Å². The summed E-state index contributed by atoms with van der Waals surface area (Å²) in [5.41, 5.74) is 4.89. The Morgan fingerprint density at radius 3 is 2.67 bits per heavy atom. The smallest absolute Gasteiger partial charge is 0.312 e. The Morgan fingerprint density at radius 1 is 1.42 bits per heavy atom. The third-order valence-electron chi connectivity index (χ3n) is 2.26. The molecule has 4 heteroatoms. The average molecular weight is 171 g/mol. The Hall–Kier alpha value is -0.770. The van der Waals surface area contributed by atoms with Crippen LogP contribution in [0.4, 0.5) is 4.79 Å². The van der Waals surface area contributed by atoms with Gasteiger partial charge in [0.2, 0.25) is 0 Å². The van der Waals surface area contributed by atoms with Crippen LogP contribution in [0.5, 0.6) is 0 Å². The molecule has 1 fully saturated rings. The Kier molecular flexibility index (Phi) is 3.87. The van der Waals surface area contributed by atoms with Gasteiger partial charge in [-0.15, -0.1) is 0 Å². The van der Waals surface area contributed by atoms with Crippen LogP contribution >= 0.6 is 0 Å². The monoisotopic (exact) mass is 171 g/mol. The first kappa shape index (κ1) is 9.32. The number of hydrogen-bond acceptors (Lipinski definition) is 2. The zero-order valence-electron chi connectivity index (χ0n) is 7.31. The van der Waals surface area contributed by atoms with Crippen molar-refractivity contribution in [2.75, 3.05) is 19.6 Å². The first-order valence-electron chi connectivity index (χ1n) is 4.53. The summed E-state index contributed by atoms with van der Waals surface area (Å²) in [5, 5.41) is 5.80. The van der Waals surface area contributed by atoms with E-state index in [2.05, 4.69) is 10.6 Å². The number of nitrogens with two attached hydrogens (primary N) is 1. The average Bonchev–Trinajstić information content (AvgIpc) is 1.92. The van der Waals surface area contributed by atoms with Gasteiger partial charge < -0.3 is 16.4 Å². The van der Waals surface area contributed by atoms with Gasteiger partial charge in [-0.05, 0) is 25.3 Å². The quantitative estimate of drug-likeness (QED) is 0.511. The molecule has 4 N–H and O–H groups in total. The van der Waals surface area contributed by atoms with Gasteiger partial charge in [-0.25, -0.2) is 4.79 Å². The Morgan fingerprint density at radius 2 is 2.17 bits per heavy atom. The van der Waals surface area contributed by atoms with Crippen LogP contribution in [-0.2, 0) is 0 Å². The summed E-state index contributed by atoms with van der Waals surface area (Å²) in [6.07, 6.45) is 4.10. The fraction of sp³-hybridized carbons (Fsp3) is 0.875. The van der Waals surface area contributed by atoms with E-state index in [1.807, 2.05) is 0 Å². The number of primary amides is 1. The predicted molar refractivity (Wildman–Crippen MR) is 47.8 cm³/mol. The number of carbonyl (C=O) groups excluding carboxylic acids is 1. The largest absolute Gasteiger partial charge is 0.352 e. The van der Waals surface area contributed by atoms with E-state index in [9.17, 15) is 4.79 Å². The molecule has 1 rings (SSSR count). The Labute approximate surface area is 72.9 Å². The molecular weight excluding hydrogens is 154 g/mol. The number of urea groups is 1. The fourth-order valence-corrected chi connectivity index (χ4v) is 1.28. The molecule has 1 aliphatic carbocycles. The Bertz CT molecular complexity index is 145. The van der Waals surface area contributed by atoms with Crippen molar-refractivity contribution in [1.82, 2.24) is 10.6 Å². The van der Waals surface area contributed by atoms with E-state index in [0.717, 1.165) is 19.0 Å². The number of hydrogen-bond donors (Lipinski definition) is 3. The van der Waals surface area contributed by atoms with Gasteiger partial charge in [0, 0.05) is 13.1 Å². The lowest BCUT2D eigenvalue weighted by Gasteiger charge is -2.25. The molecule has 0 bridgehead atoms. The van der Waals surface area contributed by atoms with Gasteiger partial charge in [-0.2, -0.15) is 0 Å². The van der Waals surface area contributed by atoms with Crippen molar-refractivity contribution in [3.8, 4) is 0 Å². The second kappa shape index (κ2) is 4.98. The molecule has 4 nitrogen and oxygen atoms in total. The third kappa shape index (κ3) is 3.57. The number of rotatable bonds is 5. The molecule has 70 valence electrons. The lowest BCUT2D eigenvalue weighted by atomic mass is 9.85. The molecule has 1 aliphatic rings. The van der Waals surface area contributed by atoms with Gasteiger partial charge in [0.15, 0.2) is 0 Å². The SMILES string of the molecule is NC(=O)NCCNCC1CCC1. The van der Waals surface area contributed by atoms with E-state index in [1.54, 1.807) is 0 Å². The molecule has 1 saturated carbocycles. The highest BCUT2D eigenvalue weighted by atomic mass is 16.2. The van der Waals surface area contributed by atoms with Gasteiger partial charge >= 0.3 is 6.03 Å². The summed E-state index contributed by atoms with van der Waals surface area (Å²) in [5.74, 6) is 0.874. The van der Waals surface area contributed by atoms with Gasteiger partial charge in [-0.1, -0.05) is 6.42 Å². The van der Waals surface area contributed by atoms with Crippen molar-refractivity contribution in [1.29, 1.82) is 0 Å². The van der Waals surface area contributed by atoms with E-state index < -0.39 is 6.03 Å². The predicted octanol–water partition coefficient (Wildman–Crippen LogP) is 0.0444. The highest BCUT2D eigenvalue weighted by Crippen LogP contribution is 2.24. The molecule has 12 heavy (non-hydrogen) atoms. The Balaban J connectivity index is 1.79. The second-order valence-corrected chi connectivity index (χ2v) is 3.29. The molecule has 0 saturated heterocycles. The molecule has 0 aromatic rings. The molecule has 0 spiro atoms. The minimum Gasteiger partial charge on any atom is -0.352 e. The maximum atomic E-state index is 10.2. The fourth-order valence-electron chi connectivity index (χ4n) is 1.28. The molecule has 0 aliphatic heterocycles. The van der Waals surface area contributed by atoms with Crippen molar-refractivity contribution in [2.24, 2.45) is 11.7 Å². The van der Waals surface area contributed by atoms with Crippen LogP contribution < -0.4 is 16.4 Å². The first-order chi connectivity index (χ1) is 5.79. The minimum atomic E-state index is -0.444. The summed E-state index contributed by atoms with van der Waals surface area (Å²) >= 11 is 0. The summed E-state index contributed by atoms with van der Waals surface area (Å²) in [6, 6.07) is -0.444. The maximum Gasteiger partial charge on any atom is 0.312 e. The van der Waals surface area contributed by atoms with E-state index >= 15 is 0 Å². The van der Waals surface area contributed by atoms with Crippen LogP contribution in [0.1, 0.15) is 19.3 Å². The van der Waals surface area contributed by atoms with Crippen LogP contribution in [0, 0.1) is 5.92 Å². The molecule has 0 aromatic carbocycles. The highest BCUT2D eigenvalue weighted by Gasteiger charge is 2.15. The summed E-state index contributed by atoms with van der Waals surface area (Å²) in [4.78, 5) is 10.2. The van der Waals surface area contributed by atoms with Gasteiger partial charge in [0.05, 0.1) is 0 Å². The molecule has 0 radical (unpaired) electrons. The molecule has 0 heterocycles. The van der Waals surface area contributed by atoms with Gasteiger partial charge in [0.1, 0.15) is 0 Å². The van der Waals surface area contributed by atoms with E-state index in [0.29, 0.717) is 6.54 Å². The molecule has 0 atom stereocenters. The van der Waals surface area contributed by atoms with Crippen molar-refractivity contribution in [3.05, 3.63) is 0 Å². The normalized spacial score (nSPS) is 17.0. The highest BCUT2D eigenvalue weighted by molar-refractivity contribution is 5.71. The van der Waals surface area contributed by atoms with Gasteiger partial charge in [0.25, 0.3) is 0 Å². The zero-order valence-corrected chi connectivity index (χ0v) is 7.31. The van der Waals surface area contributed by atoms with Crippen molar-refractivity contribution >= 4 is 6.03 Å². The van der Waals surface area contributed by atoms with Gasteiger partial charge in [-0.3, -0.25) is 0 Å². The molecule has 2 amide bonds.